The predicted octanol–water partition coefficient (Wildman–Crippen LogP) is 2.62. The van der Waals surface area contributed by atoms with Crippen molar-refractivity contribution in [2.75, 3.05) is 26.1 Å². The summed E-state index contributed by atoms with van der Waals surface area (Å²) in [7, 11) is -0.215. The number of sulfone groups is 1. The van der Waals surface area contributed by atoms with Crippen LogP contribution in [0.2, 0.25) is 0 Å². The molecule has 1 fully saturated rings. The Balaban J connectivity index is 1.83. The van der Waals surface area contributed by atoms with Gasteiger partial charge >= 0.3 is 0 Å². The van der Waals surface area contributed by atoms with Gasteiger partial charge in [0.25, 0.3) is 5.91 Å². The highest BCUT2D eigenvalue weighted by atomic mass is 32.2. The number of aromatic nitrogens is 1. The molecule has 1 heterocycles. The number of nitrogens with zero attached hydrogens (tertiary/aromatic N) is 2. The number of benzene rings is 1. The molecule has 31 heavy (non-hydrogen) atoms. The van der Waals surface area contributed by atoms with E-state index < -0.39 is 15.7 Å². The van der Waals surface area contributed by atoms with Gasteiger partial charge in [0, 0.05) is 19.8 Å². The largest absolute Gasteiger partial charge is 0.390 e. The molecule has 0 unspecified atom stereocenters. The quantitative estimate of drug-likeness (QED) is 0.399. The van der Waals surface area contributed by atoms with Gasteiger partial charge < -0.3 is 19.6 Å². The third-order valence-corrected chi connectivity index (χ3v) is 7.58. The maximum atomic E-state index is 12.9. The summed E-state index contributed by atoms with van der Waals surface area (Å²) in [5.74, 6) is -0.505. The minimum Gasteiger partial charge on any atom is -0.390 e. The van der Waals surface area contributed by atoms with E-state index in [1.54, 1.807) is 26.2 Å². The van der Waals surface area contributed by atoms with Crippen LogP contribution >= 0.6 is 11.3 Å². The second-order valence-corrected chi connectivity index (χ2v) is 10.4. The van der Waals surface area contributed by atoms with Gasteiger partial charge in [-0.25, -0.2) is 13.4 Å². The molecule has 1 aliphatic carbocycles. The Morgan fingerprint density at radius 1 is 1.26 bits per heavy atom. The zero-order valence-electron chi connectivity index (χ0n) is 17.5. The van der Waals surface area contributed by atoms with Crippen molar-refractivity contribution in [2.45, 2.75) is 42.6 Å². The maximum Gasteiger partial charge on any atom is 0.278 e. The first-order valence-electron chi connectivity index (χ1n) is 9.67. The summed E-state index contributed by atoms with van der Waals surface area (Å²) < 4.78 is 34.9. The van der Waals surface area contributed by atoms with Crippen LogP contribution in [-0.2, 0) is 35.5 Å². The lowest BCUT2D eigenvalue weighted by molar-refractivity contribution is -0.110. The molecule has 0 spiro atoms. The first-order valence-corrected chi connectivity index (χ1v) is 12.0. The molecule has 2 aromatic rings. The fourth-order valence-electron chi connectivity index (χ4n) is 2.74. The number of methoxy groups -OCH3 is 2. The van der Waals surface area contributed by atoms with E-state index in [1.807, 2.05) is 0 Å². The number of hydrogen-bond donors (Lipinski definition) is 1. The van der Waals surface area contributed by atoms with Crippen molar-refractivity contribution in [3.05, 3.63) is 41.0 Å². The Morgan fingerprint density at radius 2 is 1.97 bits per heavy atom. The Bertz CT molecular complexity index is 1030. The van der Waals surface area contributed by atoms with Crippen LogP contribution in [0.4, 0.5) is 5.00 Å². The Morgan fingerprint density at radius 3 is 2.58 bits per heavy atom. The second kappa shape index (κ2) is 10.3. The Hall–Kier alpha value is -2.34. The van der Waals surface area contributed by atoms with Crippen molar-refractivity contribution in [1.29, 1.82) is 0 Å². The number of rotatable bonds is 11. The van der Waals surface area contributed by atoms with Crippen LogP contribution in [0.5, 0.6) is 0 Å². The molecule has 1 aliphatic rings. The van der Waals surface area contributed by atoms with Crippen molar-refractivity contribution < 1.29 is 27.5 Å². The minimum absolute atomic E-state index is 0.0139. The molecule has 168 valence electrons. The predicted molar refractivity (Wildman–Crippen MR) is 117 cm³/mol. The van der Waals surface area contributed by atoms with E-state index in [2.05, 4.69) is 15.5 Å². The van der Waals surface area contributed by atoms with Gasteiger partial charge in [-0.05, 0) is 31.9 Å². The minimum atomic E-state index is -3.32. The molecule has 1 N–H and O–H groups in total. The van der Waals surface area contributed by atoms with Gasteiger partial charge in [-0.2, -0.15) is 0 Å². The number of ether oxygens (including phenoxy) is 2. The van der Waals surface area contributed by atoms with Crippen LogP contribution in [0.1, 0.15) is 30.3 Å². The van der Waals surface area contributed by atoms with Gasteiger partial charge in [-0.3, -0.25) is 4.79 Å². The maximum absolute atomic E-state index is 12.9. The lowest BCUT2D eigenvalue weighted by Crippen LogP contribution is -2.25. The average molecular weight is 468 g/mol. The first kappa shape index (κ1) is 23.3. The third kappa shape index (κ3) is 6.10. The van der Waals surface area contributed by atoms with Crippen LogP contribution in [0, 0.1) is 0 Å². The number of anilines is 1. The van der Waals surface area contributed by atoms with Gasteiger partial charge in [0.15, 0.2) is 15.5 Å². The SMILES string of the molecule is COCc1ncc(NC(=O)/C(=N/O[C@H](C)COC)c2ccc(S(=O)(=O)C3CC3)cc2)s1. The summed E-state index contributed by atoms with van der Waals surface area (Å²) in [6, 6.07) is 6.10. The molecule has 1 saturated carbocycles. The summed E-state index contributed by atoms with van der Waals surface area (Å²) in [5.41, 5.74) is 0.443. The number of carbonyl (C=O) groups is 1. The second-order valence-electron chi connectivity index (χ2n) is 7.09. The Labute approximate surface area is 185 Å². The summed E-state index contributed by atoms with van der Waals surface area (Å²) in [5, 5.41) is 7.72. The molecule has 1 atom stereocenters. The molecule has 0 aliphatic heterocycles. The van der Waals surface area contributed by atoms with Crippen LogP contribution in [0.15, 0.2) is 40.5 Å². The highest BCUT2D eigenvalue weighted by molar-refractivity contribution is 7.92. The van der Waals surface area contributed by atoms with Gasteiger partial charge in [0.1, 0.15) is 16.1 Å². The number of thiazole rings is 1. The molecule has 3 rings (SSSR count). The van der Waals surface area contributed by atoms with E-state index in [0.717, 1.165) is 5.01 Å². The van der Waals surface area contributed by atoms with Crippen LogP contribution in [-0.4, -0.2) is 57.2 Å². The van der Waals surface area contributed by atoms with Crippen molar-refractivity contribution >= 4 is 37.8 Å². The highest BCUT2D eigenvalue weighted by Gasteiger charge is 2.36. The van der Waals surface area contributed by atoms with Crippen LogP contribution in [0.25, 0.3) is 0 Å². The third-order valence-electron chi connectivity index (χ3n) is 4.42. The zero-order chi connectivity index (χ0) is 22.4. The molecule has 0 bridgehead atoms. The van der Waals surface area contributed by atoms with Crippen molar-refractivity contribution in [2.24, 2.45) is 5.16 Å². The lowest BCUT2D eigenvalue weighted by Gasteiger charge is -2.11. The van der Waals surface area contributed by atoms with Gasteiger partial charge in [-0.15, -0.1) is 0 Å². The molecule has 1 aromatic carbocycles. The van der Waals surface area contributed by atoms with Crippen LogP contribution < -0.4 is 5.32 Å². The molecule has 11 heteroatoms. The Kier molecular flexibility index (Phi) is 7.76. The number of oxime groups is 1. The number of nitrogens with one attached hydrogen (secondary N) is 1. The number of amides is 1. The first-order chi connectivity index (χ1) is 14.8. The van der Waals surface area contributed by atoms with Crippen molar-refractivity contribution in [3.8, 4) is 0 Å². The summed E-state index contributed by atoms with van der Waals surface area (Å²) in [6.45, 7) is 2.40. The zero-order valence-corrected chi connectivity index (χ0v) is 19.2. The molecular formula is C20H25N3O6S2. The average Bonchev–Trinajstić information content (AvgIpc) is 3.51. The number of hydrogen-bond acceptors (Lipinski definition) is 9. The normalized spacial score (nSPS) is 15.5. The summed E-state index contributed by atoms with van der Waals surface area (Å²) in [6.07, 6.45) is 2.53. The highest BCUT2D eigenvalue weighted by Crippen LogP contribution is 2.33. The molecule has 1 aromatic heterocycles. The van der Waals surface area contributed by atoms with Gasteiger partial charge in [-0.1, -0.05) is 28.6 Å². The van der Waals surface area contributed by atoms with Crippen molar-refractivity contribution in [1.82, 2.24) is 4.98 Å². The van der Waals surface area contributed by atoms with E-state index in [4.69, 9.17) is 14.3 Å². The van der Waals surface area contributed by atoms with E-state index in [9.17, 15) is 13.2 Å². The molecule has 0 radical (unpaired) electrons. The fourth-order valence-corrected chi connectivity index (χ4v) is 5.18. The standard InChI is InChI=1S/C20H25N3O6S2/c1-13(11-27-2)29-23-19(20(24)22-17-10-21-18(30-17)12-28-3)14-4-6-15(7-5-14)31(25,26)16-8-9-16/h4-7,10,13,16H,8-9,11-12H2,1-3H3,(H,22,24)/b23-19+/t13-/m1/s1. The van der Waals surface area contributed by atoms with E-state index >= 15 is 0 Å². The van der Waals surface area contributed by atoms with Gasteiger partial charge in [0.05, 0.1) is 29.6 Å². The number of carbonyl (C=O) groups excluding carboxylic acids is 1. The van der Waals surface area contributed by atoms with E-state index in [0.29, 0.717) is 36.6 Å². The van der Waals surface area contributed by atoms with E-state index in [1.165, 1.54) is 36.8 Å². The molecular weight excluding hydrogens is 442 g/mol. The monoisotopic (exact) mass is 467 g/mol. The topological polar surface area (TPSA) is 116 Å². The smallest absolute Gasteiger partial charge is 0.278 e. The fraction of sp³-hybridized carbons (Fsp3) is 0.450. The molecule has 1 amide bonds. The molecule has 0 saturated heterocycles. The lowest BCUT2D eigenvalue weighted by atomic mass is 10.1. The van der Waals surface area contributed by atoms with Crippen molar-refractivity contribution in [3.63, 3.8) is 0 Å². The summed E-state index contributed by atoms with van der Waals surface area (Å²) in [4.78, 5) is 22.7. The molecule has 9 nitrogen and oxygen atoms in total. The van der Waals surface area contributed by atoms with E-state index in [-0.39, 0.29) is 22.0 Å². The van der Waals surface area contributed by atoms with Crippen LogP contribution in [0.3, 0.4) is 0 Å². The summed E-state index contributed by atoms with van der Waals surface area (Å²) >= 11 is 1.28. The van der Waals surface area contributed by atoms with Gasteiger partial charge in [0.2, 0.25) is 0 Å².